The Balaban J connectivity index is 1.04. The van der Waals surface area contributed by atoms with E-state index in [9.17, 15) is 0 Å². The van der Waals surface area contributed by atoms with Crippen LogP contribution < -0.4 is 4.90 Å². The molecule has 11 rings (SSSR count). The summed E-state index contributed by atoms with van der Waals surface area (Å²) in [6.45, 7) is 0. The van der Waals surface area contributed by atoms with E-state index in [2.05, 4.69) is 241 Å². The minimum Gasteiger partial charge on any atom is -0.310 e. The molecule has 0 aliphatic heterocycles. The molecular formula is C58H39N. The average Bonchev–Trinajstić information content (AvgIpc) is 3.32. The monoisotopic (exact) mass is 749 g/mol. The minimum atomic E-state index is 1.10. The van der Waals surface area contributed by atoms with Crippen LogP contribution in [0.5, 0.6) is 0 Å². The lowest BCUT2D eigenvalue weighted by Crippen LogP contribution is -2.10. The van der Waals surface area contributed by atoms with Gasteiger partial charge >= 0.3 is 0 Å². The van der Waals surface area contributed by atoms with E-state index < -0.39 is 0 Å². The first-order chi connectivity index (χ1) is 29.2. The van der Waals surface area contributed by atoms with E-state index >= 15 is 0 Å². The van der Waals surface area contributed by atoms with Crippen LogP contribution in [0.4, 0.5) is 17.1 Å². The van der Waals surface area contributed by atoms with Gasteiger partial charge < -0.3 is 4.90 Å². The molecular weight excluding hydrogens is 711 g/mol. The van der Waals surface area contributed by atoms with Crippen LogP contribution in [-0.4, -0.2) is 0 Å². The highest BCUT2D eigenvalue weighted by atomic mass is 15.1. The smallest absolute Gasteiger partial charge is 0.0473 e. The molecule has 0 fully saturated rings. The van der Waals surface area contributed by atoms with E-state index in [1.807, 2.05) is 0 Å². The molecule has 0 saturated carbocycles. The van der Waals surface area contributed by atoms with Crippen molar-refractivity contribution in [1.82, 2.24) is 0 Å². The summed E-state index contributed by atoms with van der Waals surface area (Å²) in [6.07, 6.45) is 0. The summed E-state index contributed by atoms with van der Waals surface area (Å²) < 4.78 is 0. The molecule has 0 atom stereocenters. The number of nitrogens with zero attached hydrogens (tertiary/aromatic N) is 1. The second kappa shape index (κ2) is 14.6. The molecule has 0 bridgehead atoms. The lowest BCUT2D eigenvalue weighted by atomic mass is 9.92. The van der Waals surface area contributed by atoms with E-state index in [4.69, 9.17) is 0 Å². The summed E-state index contributed by atoms with van der Waals surface area (Å²) in [5, 5.41) is 10.2. The molecule has 1 heteroatoms. The van der Waals surface area contributed by atoms with Gasteiger partial charge in [0, 0.05) is 17.1 Å². The molecule has 0 amide bonds. The third-order valence-corrected chi connectivity index (χ3v) is 11.8. The van der Waals surface area contributed by atoms with E-state index in [0.717, 1.165) is 22.6 Å². The Bertz CT molecular complexity index is 3310. The van der Waals surface area contributed by atoms with Crippen molar-refractivity contribution < 1.29 is 0 Å². The second-order valence-corrected chi connectivity index (χ2v) is 15.3. The van der Waals surface area contributed by atoms with Crippen molar-refractivity contribution in [1.29, 1.82) is 0 Å². The maximum Gasteiger partial charge on any atom is 0.0473 e. The molecule has 0 aliphatic rings. The minimum absolute atomic E-state index is 1.10. The van der Waals surface area contributed by atoms with Crippen LogP contribution in [0.25, 0.3) is 87.6 Å². The van der Waals surface area contributed by atoms with Gasteiger partial charge in [0.1, 0.15) is 0 Å². The molecule has 11 aromatic carbocycles. The predicted octanol–water partition coefficient (Wildman–Crippen LogP) is 16.4. The molecule has 0 aromatic heterocycles. The number of anilines is 3. The van der Waals surface area contributed by atoms with Crippen molar-refractivity contribution in [3.63, 3.8) is 0 Å². The first-order valence-electron chi connectivity index (χ1n) is 20.3. The van der Waals surface area contributed by atoms with Gasteiger partial charge in [0.2, 0.25) is 0 Å². The number of benzene rings is 11. The zero-order valence-corrected chi connectivity index (χ0v) is 32.5. The van der Waals surface area contributed by atoms with E-state index in [1.54, 1.807) is 0 Å². The van der Waals surface area contributed by atoms with Gasteiger partial charge in [-0.15, -0.1) is 0 Å². The normalized spacial score (nSPS) is 11.4. The lowest BCUT2D eigenvalue weighted by Gasteiger charge is -2.27. The van der Waals surface area contributed by atoms with Crippen LogP contribution in [0.3, 0.4) is 0 Å². The molecule has 0 radical (unpaired) electrons. The van der Waals surface area contributed by atoms with Gasteiger partial charge in [0.25, 0.3) is 0 Å². The summed E-state index contributed by atoms with van der Waals surface area (Å²) in [6, 6.07) is 86.3. The number of hydrogen-bond acceptors (Lipinski definition) is 1. The van der Waals surface area contributed by atoms with Crippen molar-refractivity contribution in [2.45, 2.75) is 0 Å². The van der Waals surface area contributed by atoms with Gasteiger partial charge in [0.15, 0.2) is 0 Å². The topological polar surface area (TPSA) is 3.24 Å². The molecule has 59 heavy (non-hydrogen) atoms. The average molecular weight is 750 g/mol. The van der Waals surface area contributed by atoms with Crippen LogP contribution in [0.15, 0.2) is 237 Å². The standard InChI is InChI=1S/C58H39N/c1-3-13-40(14-4-1)48-36-49(46-19-11-18-45(35-46)47-26-25-44-30-33-56-55-23-10-8-16-42(55)29-34-57(56)58(44)39-47)38-52(37-48)59(50-20-5-2-6-21-50)51-31-27-43(28-32-51)54-24-12-17-41-15-7-9-22-53(41)54/h1-39H. The van der Waals surface area contributed by atoms with Crippen LogP contribution in [-0.2, 0) is 0 Å². The lowest BCUT2D eigenvalue weighted by molar-refractivity contribution is 1.28. The van der Waals surface area contributed by atoms with E-state index in [1.165, 1.54) is 82.0 Å². The van der Waals surface area contributed by atoms with Crippen molar-refractivity contribution in [2.75, 3.05) is 4.90 Å². The molecule has 0 aliphatic carbocycles. The number of para-hydroxylation sites is 1. The molecule has 0 N–H and O–H groups in total. The maximum atomic E-state index is 2.38. The molecule has 11 aromatic rings. The highest BCUT2D eigenvalue weighted by Gasteiger charge is 2.17. The number of hydrogen-bond donors (Lipinski definition) is 0. The Labute approximate surface area is 344 Å². The zero-order valence-electron chi connectivity index (χ0n) is 32.5. The quantitative estimate of drug-likeness (QED) is 0.147. The molecule has 0 unspecified atom stereocenters. The Kier molecular flexibility index (Phi) is 8.56. The van der Waals surface area contributed by atoms with Crippen molar-refractivity contribution in [3.05, 3.63) is 237 Å². The van der Waals surface area contributed by atoms with E-state index in [0.29, 0.717) is 0 Å². The first kappa shape index (κ1) is 34.5. The fourth-order valence-electron chi connectivity index (χ4n) is 8.87. The van der Waals surface area contributed by atoms with Crippen molar-refractivity contribution in [3.8, 4) is 44.5 Å². The maximum absolute atomic E-state index is 2.38. The SMILES string of the molecule is c1ccc(-c2cc(-c3cccc(-c4ccc5ccc6c7ccccc7ccc6c5c4)c3)cc(N(c3ccccc3)c3ccc(-c4cccc5ccccc45)cc3)c2)cc1. The summed E-state index contributed by atoms with van der Waals surface area (Å²) in [4.78, 5) is 2.38. The predicted molar refractivity (Wildman–Crippen MR) is 253 cm³/mol. The van der Waals surface area contributed by atoms with Crippen LogP contribution in [0.1, 0.15) is 0 Å². The Morgan fingerprint density at radius 3 is 1.44 bits per heavy atom. The highest BCUT2D eigenvalue weighted by Crippen LogP contribution is 2.42. The zero-order chi connectivity index (χ0) is 39.1. The molecule has 0 spiro atoms. The summed E-state index contributed by atoms with van der Waals surface area (Å²) >= 11 is 0. The Hall–Kier alpha value is -7.74. The van der Waals surface area contributed by atoms with Crippen molar-refractivity contribution in [2.24, 2.45) is 0 Å². The Morgan fingerprint density at radius 2 is 0.678 bits per heavy atom. The third kappa shape index (κ3) is 6.40. The van der Waals surface area contributed by atoms with Crippen LogP contribution in [0.2, 0.25) is 0 Å². The van der Waals surface area contributed by atoms with Gasteiger partial charge in [0.05, 0.1) is 0 Å². The molecule has 0 heterocycles. The van der Waals surface area contributed by atoms with Gasteiger partial charge in [-0.1, -0.05) is 182 Å². The number of fused-ring (bicyclic) bond motifs is 6. The van der Waals surface area contributed by atoms with E-state index in [-0.39, 0.29) is 0 Å². The summed E-state index contributed by atoms with van der Waals surface area (Å²) in [7, 11) is 0. The second-order valence-electron chi connectivity index (χ2n) is 15.3. The largest absolute Gasteiger partial charge is 0.310 e. The van der Waals surface area contributed by atoms with Gasteiger partial charge in [-0.05, 0) is 142 Å². The fourth-order valence-corrected chi connectivity index (χ4v) is 8.87. The van der Waals surface area contributed by atoms with Gasteiger partial charge in [-0.3, -0.25) is 0 Å². The summed E-state index contributed by atoms with van der Waals surface area (Å²) in [5.74, 6) is 0. The Morgan fingerprint density at radius 1 is 0.203 bits per heavy atom. The molecule has 0 saturated heterocycles. The number of rotatable bonds is 7. The summed E-state index contributed by atoms with van der Waals surface area (Å²) in [5.41, 5.74) is 12.8. The van der Waals surface area contributed by atoms with Crippen LogP contribution >= 0.6 is 0 Å². The molecule has 1 nitrogen and oxygen atoms in total. The molecule has 276 valence electrons. The van der Waals surface area contributed by atoms with Gasteiger partial charge in [-0.2, -0.15) is 0 Å². The van der Waals surface area contributed by atoms with Crippen LogP contribution in [0, 0.1) is 0 Å². The van der Waals surface area contributed by atoms with Crippen molar-refractivity contribution >= 4 is 60.2 Å². The highest BCUT2D eigenvalue weighted by molar-refractivity contribution is 6.17. The first-order valence-corrected chi connectivity index (χ1v) is 20.3. The third-order valence-electron chi connectivity index (χ3n) is 11.8. The van der Waals surface area contributed by atoms with Gasteiger partial charge in [-0.25, -0.2) is 0 Å². The fraction of sp³-hybridized carbons (Fsp3) is 0.